The monoisotopic (exact) mass is 326 g/mol. The molecule has 1 amide bonds. The molecule has 0 aliphatic heterocycles. The molecule has 1 fully saturated rings. The summed E-state index contributed by atoms with van der Waals surface area (Å²) in [5.74, 6) is 1.72. The molecule has 0 heterocycles. The second-order valence-corrected chi connectivity index (χ2v) is 6.46. The predicted molar refractivity (Wildman–Crippen MR) is 91.9 cm³/mol. The minimum absolute atomic E-state index is 0. The number of carbonyl (C=O) groups is 1. The lowest BCUT2D eigenvalue weighted by Crippen LogP contribution is -2.41. The first-order valence-electron chi connectivity index (χ1n) is 7.63. The summed E-state index contributed by atoms with van der Waals surface area (Å²) in [5, 5.41) is 6.22. The Hall–Kier alpha value is -1.26. The van der Waals surface area contributed by atoms with Gasteiger partial charge in [-0.25, -0.2) is 0 Å². The molecule has 1 aliphatic rings. The van der Waals surface area contributed by atoms with E-state index in [1.807, 2.05) is 12.1 Å². The molecule has 2 N–H and O–H groups in total. The van der Waals surface area contributed by atoms with Gasteiger partial charge in [0, 0.05) is 12.0 Å². The zero-order valence-corrected chi connectivity index (χ0v) is 14.5. The summed E-state index contributed by atoms with van der Waals surface area (Å²) in [6.07, 6.45) is 2.61. The van der Waals surface area contributed by atoms with Crippen LogP contribution in [0.2, 0.25) is 0 Å². The summed E-state index contributed by atoms with van der Waals surface area (Å²) >= 11 is 0. The molecule has 124 valence electrons. The molecule has 1 aromatic carbocycles. The number of methoxy groups -OCH3 is 1. The number of amides is 1. The largest absolute Gasteiger partial charge is 0.497 e. The van der Waals surface area contributed by atoms with Crippen molar-refractivity contribution in [2.45, 2.75) is 32.1 Å². The Labute approximate surface area is 139 Å². The van der Waals surface area contributed by atoms with Crippen molar-refractivity contribution in [1.29, 1.82) is 0 Å². The van der Waals surface area contributed by atoms with E-state index in [-0.39, 0.29) is 23.7 Å². The Balaban J connectivity index is 0.00000242. The first-order valence-corrected chi connectivity index (χ1v) is 7.63. The van der Waals surface area contributed by atoms with Crippen LogP contribution < -0.4 is 15.4 Å². The van der Waals surface area contributed by atoms with Crippen molar-refractivity contribution in [3.05, 3.63) is 29.8 Å². The molecule has 2 rings (SSSR count). The molecule has 4 nitrogen and oxygen atoms in total. The lowest BCUT2D eigenvalue weighted by atomic mass is 9.84. The molecule has 1 aliphatic carbocycles. The van der Waals surface area contributed by atoms with Crippen LogP contribution in [0, 0.1) is 5.92 Å². The lowest BCUT2D eigenvalue weighted by Gasteiger charge is -2.26. The summed E-state index contributed by atoms with van der Waals surface area (Å²) in [7, 11) is 1.66. The number of hydrogen-bond acceptors (Lipinski definition) is 3. The summed E-state index contributed by atoms with van der Waals surface area (Å²) in [6.45, 7) is 6.27. The minimum atomic E-state index is -0.0988. The van der Waals surface area contributed by atoms with E-state index in [1.54, 1.807) is 7.11 Å². The minimum Gasteiger partial charge on any atom is -0.497 e. The molecule has 1 saturated carbocycles. The molecular weight excluding hydrogens is 300 g/mol. The maximum atomic E-state index is 11.8. The van der Waals surface area contributed by atoms with Crippen LogP contribution in [0.4, 0.5) is 0 Å². The van der Waals surface area contributed by atoms with Crippen molar-refractivity contribution >= 4 is 18.3 Å². The van der Waals surface area contributed by atoms with Gasteiger partial charge in [-0.15, -0.1) is 12.4 Å². The molecule has 0 saturated heterocycles. The number of nitrogens with one attached hydrogen (secondary N) is 2. The second-order valence-electron chi connectivity index (χ2n) is 6.46. The van der Waals surface area contributed by atoms with Crippen molar-refractivity contribution in [3.8, 4) is 5.75 Å². The average Bonchev–Trinajstić information content (AvgIpc) is 3.29. The van der Waals surface area contributed by atoms with Crippen molar-refractivity contribution in [1.82, 2.24) is 10.6 Å². The predicted octanol–water partition coefficient (Wildman–Crippen LogP) is 2.51. The van der Waals surface area contributed by atoms with E-state index in [2.05, 4.69) is 36.6 Å². The number of rotatable bonds is 8. The zero-order valence-electron chi connectivity index (χ0n) is 13.6. The Bertz CT molecular complexity index is 470. The number of halogens is 1. The maximum Gasteiger partial charge on any atom is 0.233 e. The van der Waals surface area contributed by atoms with E-state index in [9.17, 15) is 4.79 Å². The molecule has 0 radical (unpaired) electrons. The van der Waals surface area contributed by atoms with Gasteiger partial charge in [0.25, 0.3) is 0 Å². The third-order valence-corrected chi connectivity index (χ3v) is 4.01. The highest BCUT2D eigenvalue weighted by Crippen LogP contribution is 2.27. The molecule has 5 heteroatoms. The SMILES string of the molecule is COc1ccc(C(C)(C)CNC(=O)CNCC2CC2)cc1.Cl. The molecule has 0 bridgehead atoms. The fourth-order valence-corrected chi connectivity index (χ4v) is 2.24. The number of hydrogen-bond donors (Lipinski definition) is 2. The van der Waals surface area contributed by atoms with E-state index >= 15 is 0 Å². The number of ether oxygens (including phenoxy) is 1. The van der Waals surface area contributed by atoms with Gasteiger partial charge in [0.15, 0.2) is 0 Å². The van der Waals surface area contributed by atoms with Gasteiger partial charge in [-0.2, -0.15) is 0 Å². The first-order chi connectivity index (χ1) is 10.0. The quantitative estimate of drug-likeness (QED) is 0.771. The van der Waals surface area contributed by atoms with Gasteiger partial charge in [-0.05, 0) is 43.0 Å². The van der Waals surface area contributed by atoms with E-state index in [4.69, 9.17) is 4.74 Å². The number of carbonyl (C=O) groups excluding carboxylic acids is 1. The van der Waals surface area contributed by atoms with Gasteiger partial charge in [0.1, 0.15) is 5.75 Å². The van der Waals surface area contributed by atoms with Gasteiger partial charge in [0.05, 0.1) is 13.7 Å². The van der Waals surface area contributed by atoms with E-state index in [0.717, 1.165) is 18.2 Å². The molecule has 0 unspecified atom stereocenters. The first kappa shape index (κ1) is 18.8. The smallest absolute Gasteiger partial charge is 0.233 e. The van der Waals surface area contributed by atoms with Crippen LogP contribution in [-0.2, 0) is 10.2 Å². The summed E-state index contributed by atoms with van der Waals surface area (Å²) < 4.78 is 5.17. The van der Waals surface area contributed by atoms with Crippen LogP contribution in [0.15, 0.2) is 24.3 Å². The Kier molecular flexibility index (Phi) is 7.17. The fraction of sp³-hybridized carbons (Fsp3) is 0.588. The zero-order chi connectivity index (χ0) is 15.3. The maximum absolute atomic E-state index is 11.8. The second kappa shape index (κ2) is 8.39. The van der Waals surface area contributed by atoms with Crippen LogP contribution in [0.5, 0.6) is 5.75 Å². The molecular formula is C17H27ClN2O2. The van der Waals surface area contributed by atoms with Crippen molar-refractivity contribution in [2.24, 2.45) is 5.92 Å². The summed E-state index contributed by atoms with van der Waals surface area (Å²) in [5.41, 5.74) is 1.09. The normalized spacial score (nSPS) is 14.1. The summed E-state index contributed by atoms with van der Waals surface area (Å²) in [4.78, 5) is 11.8. The van der Waals surface area contributed by atoms with Gasteiger partial charge in [-0.3, -0.25) is 4.79 Å². The van der Waals surface area contributed by atoms with Crippen LogP contribution in [0.1, 0.15) is 32.3 Å². The third-order valence-electron chi connectivity index (χ3n) is 4.01. The molecule has 22 heavy (non-hydrogen) atoms. The standard InChI is InChI=1S/C17H26N2O2.ClH/c1-17(2,14-6-8-15(21-3)9-7-14)12-19-16(20)11-18-10-13-4-5-13;/h6-9,13,18H,4-5,10-12H2,1-3H3,(H,19,20);1H. The highest BCUT2D eigenvalue weighted by Gasteiger charge is 2.22. The average molecular weight is 327 g/mol. The molecule has 1 aromatic rings. The Morgan fingerprint density at radius 1 is 1.27 bits per heavy atom. The van der Waals surface area contributed by atoms with E-state index < -0.39 is 0 Å². The topological polar surface area (TPSA) is 50.4 Å². The Morgan fingerprint density at radius 3 is 2.45 bits per heavy atom. The van der Waals surface area contributed by atoms with Crippen LogP contribution >= 0.6 is 12.4 Å². The molecule has 0 aromatic heterocycles. The van der Waals surface area contributed by atoms with Crippen LogP contribution in [-0.4, -0.2) is 32.7 Å². The Morgan fingerprint density at radius 2 is 1.91 bits per heavy atom. The fourth-order valence-electron chi connectivity index (χ4n) is 2.24. The van der Waals surface area contributed by atoms with Crippen molar-refractivity contribution in [2.75, 3.05) is 26.7 Å². The third kappa shape index (κ3) is 5.85. The van der Waals surface area contributed by atoms with E-state index in [0.29, 0.717) is 13.1 Å². The summed E-state index contributed by atoms with van der Waals surface area (Å²) in [6, 6.07) is 8.01. The van der Waals surface area contributed by atoms with Crippen molar-refractivity contribution in [3.63, 3.8) is 0 Å². The number of benzene rings is 1. The van der Waals surface area contributed by atoms with Gasteiger partial charge in [0.2, 0.25) is 5.91 Å². The van der Waals surface area contributed by atoms with E-state index in [1.165, 1.54) is 18.4 Å². The highest BCUT2D eigenvalue weighted by molar-refractivity contribution is 5.85. The molecule has 0 atom stereocenters. The van der Waals surface area contributed by atoms with Crippen LogP contribution in [0.3, 0.4) is 0 Å². The van der Waals surface area contributed by atoms with Gasteiger partial charge in [-0.1, -0.05) is 26.0 Å². The van der Waals surface area contributed by atoms with Crippen molar-refractivity contribution < 1.29 is 9.53 Å². The van der Waals surface area contributed by atoms with Gasteiger partial charge < -0.3 is 15.4 Å². The van der Waals surface area contributed by atoms with Crippen LogP contribution in [0.25, 0.3) is 0 Å². The highest BCUT2D eigenvalue weighted by atomic mass is 35.5. The molecule has 0 spiro atoms. The van der Waals surface area contributed by atoms with Gasteiger partial charge >= 0.3 is 0 Å². The lowest BCUT2D eigenvalue weighted by molar-refractivity contribution is -0.120.